The van der Waals surface area contributed by atoms with Crippen molar-refractivity contribution in [1.29, 1.82) is 5.41 Å². The highest BCUT2D eigenvalue weighted by atomic mass is 35.5. The number of hydrogen-bond donors (Lipinski definition) is 3. The molecular weight excluding hydrogens is 480 g/mol. The predicted molar refractivity (Wildman–Crippen MR) is 130 cm³/mol. The fraction of sp³-hybridized carbons (Fsp3) is 0.304. The molecule has 1 saturated carbocycles. The number of carbonyl (C=O) groups is 2. The summed E-state index contributed by atoms with van der Waals surface area (Å²) in [6.07, 6.45) is 1.83. The SMILES string of the molecule is CN1CCN(c2c(N)c(C=N)c(-c3ccn4nc(NCC(=O)[C@@H]5C[C@@H]5F)cc4c3)c(Cl)c2F)C1=O. The molecular formula is C23H22ClF2N7O2. The zero-order chi connectivity index (χ0) is 25.0. The van der Waals surface area contributed by atoms with Crippen LogP contribution < -0.4 is 16.0 Å². The minimum absolute atomic E-state index is 0.0286. The zero-order valence-electron chi connectivity index (χ0n) is 18.7. The van der Waals surface area contributed by atoms with Crippen LogP contribution in [0.1, 0.15) is 12.0 Å². The van der Waals surface area contributed by atoms with Crippen LogP contribution in [0.4, 0.5) is 30.8 Å². The van der Waals surface area contributed by atoms with Crippen molar-refractivity contribution < 1.29 is 18.4 Å². The second-order valence-corrected chi connectivity index (χ2v) is 9.05. The number of fused-ring (bicyclic) bond motifs is 1. The van der Waals surface area contributed by atoms with Crippen LogP contribution in [0.2, 0.25) is 5.02 Å². The van der Waals surface area contributed by atoms with E-state index in [9.17, 15) is 14.0 Å². The smallest absolute Gasteiger partial charge is 0.324 e. The number of amides is 2. The Bertz CT molecular complexity index is 1390. The number of aromatic nitrogens is 2. The number of Topliss-reactive ketones (excluding diaryl/α,β-unsaturated/α-hetero) is 1. The Labute approximate surface area is 203 Å². The summed E-state index contributed by atoms with van der Waals surface area (Å²) in [7, 11) is 1.60. The van der Waals surface area contributed by atoms with Gasteiger partial charge in [0.25, 0.3) is 0 Å². The van der Waals surface area contributed by atoms with Gasteiger partial charge in [0, 0.05) is 49.7 Å². The number of urea groups is 1. The van der Waals surface area contributed by atoms with Crippen molar-refractivity contribution in [2.75, 3.05) is 42.6 Å². The molecule has 2 fully saturated rings. The van der Waals surface area contributed by atoms with E-state index in [4.69, 9.17) is 22.7 Å². The van der Waals surface area contributed by atoms with Gasteiger partial charge in [-0.25, -0.2) is 18.1 Å². The van der Waals surface area contributed by atoms with Crippen LogP contribution in [0, 0.1) is 17.1 Å². The lowest BCUT2D eigenvalue weighted by Gasteiger charge is -2.23. The van der Waals surface area contributed by atoms with E-state index in [0.29, 0.717) is 23.4 Å². The summed E-state index contributed by atoms with van der Waals surface area (Å²) in [6.45, 7) is 0.626. The number of hydrogen-bond acceptors (Lipinski definition) is 6. The third-order valence-corrected chi connectivity index (χ3v) is 6.74. The van der Waals surface area contributed by atoms with Crippen LogP contribution in [-0.2, 0) is 4.79 Å². The van der Waals surface area contributed by atoms with E-state index >= 15 is 4.39 Å². The summed E-state index contributed by atoms with van der Waals surface area (Å²) in [6, 6.07) is 4.62. The van der Waals surface area contributed by atoms with Gasteiger partial charge in [-0.2, -0.15) is 5.10 Å². The second kappa shape index (κ2) is 8.49. The molecule has 0 unspecified atom stereocenters. The third-order valence-electron chi connectivity index (χ3n) is 6.39. The number of carbonyl (C=O) groups excluding carboxylic acids is 2. The Hall–Kier alpha value is -3.73. The first-order chi connectivity index (χ1) is 16.7. The molecule has 1 saturated heterocycles. The third kappa shape index (κ3) is 3.85. The van der Waals surface area contributed by atoms with Gasteiger partial charge in [0.2, 0.25) is 0 Å². The minimum Gasteiger partial charge on any atom is -0.396 e. The Morgan fingerprint density at radius 1 is 1.40 bits per heavy atom. The van der Waals surface area contributed by atoms with E-state index in [1.54, 1.807) is 36.0 Å². The Morgan fingerprint density at radius 3 is 2.77 bits per heavy atom. The average Bonchev–Trinajstić information content (AvgIpc) is 3.29. The van der Waals surface area contributed by atoms with Crippen molar-refractivity contribution in [1.82, 2.24) is 14.5 Å². The van der Waals surface area contributed by atoms with Crippen molar-refractivity contribution in [3.05, 3.63) is 40.8 Å². The summed E-state index contributed by atoms with van der Waals surface area (Å²) in [5.74, 6) is -1.16. The summed E-state index contributed by atoms with van der Waals surface area (Å²) >= 11 is 6.45. The summed E-state index contributed by atoms with van der Waals surface area (Å²) in [5, 5.41) is 14.9. The number of ketones is 1. The monoisotopic (exact) mass is 501 g/mol. The van der Waals surface area contributed by atoms with Crippen LogP contribution in [0.25, 0.3) is 16.6 Å². The molecule has 2 amide bonds. The lowest BCUT2D eigenvalue weighted by atomic mass is 9.97. The fourth-order valence-corrected chi connectivity index (χ4v) is 4.61. The summed E-state index contributed by atoms with van der Waals surface area (Å²) < 4.78 is 30.1. The Morgan fingerprint density at radius 2 is 2.14 bits per heavy atom. The number of benzene rings is 1. The van der Waals surface area contributed by atoms with Gasteiger partial charge in [0.1, 0.15) is 17.7 Å². The Balaban J connectivity index is 1.50. The maximum atomic E-state index is 15.5. The van der Waals surface area contributed by atoms with Gasteiger partial charge in [-0.3, -0.25) is 9.69 Å². The molecule has 12 heteroatoms. The summed E-state index contributed by atoms with van der Waals surface area (Å²) in [4.78, 5) is 27.0. The van der Waals surface area contributed by atoms with E-state index in [-0.39, 0.29) is 52.8 Å². The molecule has 0 bridgehead atoms. The van der Waals surface area contributed by atoms with Gasteiger partial charge < -0.3 is 21.4 Å². The van der Waals surface area contributed by atoms with E-state index in [2.05, 4.69) is 10.4 Å². The van der Waals surface area contributed by atoms with Gasteiger partial charge in [-0.15, -0.1) is 0 Å². The number of alkyl halides is 1. The number of rotatable bonds is 7. The highest BCUT2D eigenvalue weighted by Gasteiger charge is 2.43. The molecule has 3 aromatic rings. The molecule has 1 aliphatic carbocycles. The number of halogens is 3. The van der Waals surface area contributed by atoms with Crippen LogP contribution in [0.5, 0.6) is 0 Å². The van der Waals surface area contributed by atoms with E-state index in [1.807, 2.05) is 0 Å². The largest absolute Gasteiger partial charge is 0.396 e. The number of pyridine rings is 1. The number of nitrogen functional groups attached to an aromatic ring is 1. The van der Waals surface area contributed by atoms with Crippen molar-refractivity contribution in [2.24, 2.45) is 5.92 Å². The standard InChI is InChI=1S/C23H22ClF2N7O2/c1-31-4-5-32(23(31)35)22-20(26)19(24)18(14(9-27)21(22)28)11-2-3-33-12(6-11)7-17(30-33)29-10-16(34)13-8-15(13)25/h2-3,6-7,9,13,15,27H,4-5,8,10,28H2,1H3,(H,29,30)/t13-,15+/m1/s1. The van der Waals surface area contributed by atoms with Gasteiger partial charge in [-0.05, 0) is 24.1 Å². The van der Waals surface area contributed by atoms with Gasteiger partial charge in [0.15, 0.2) is 11.6 Å². The molecule has 9 nitrogen and oxygen atoms in total. The topological polar surface area (TPSA) is 120 Å². The second-order valence-electron chi connectivity index (χ2n) is 8.67. The number of anilines is 3. The highest BCUT2D eigenvalue weighted by molar-refractivity contribution is 6.35. The first-order valence-corrected chi connectivity index (χ1v) is 11.3. The lowest BCUT2D eigenvalue weighted by Crippen LogP contribution is -2.31. The van der Waals surface area contributed by atoms with Crippen LogP contribution >= 0.6 is 11.6 Å². The maximum absolute atomic E-state index is 15.5. The molecule has 1 aromatic carbocycles. The molecule has 0 spiro atoms. The Kier molecular flexibility index (Phi) is 5.59. The van der Waals surface area contributed by atoms with Crippen LogP contribution in [0.3, 0.4) is 0 Å². The fourth-order valence-electron chi connectivity index (χ4n) is 4.31. The van der Waals surface area contributed by atoms with Crippen LogP contribution in [0.15, 0.2) is 24.4 Å². The molecule has 2 atom stereocenters. The number of nitrogens with one attached hydrogen (secondary N) is 2. The normalized spacial score (nSPS) is 19.5. The number of likely N-dealkylation sites (N-methyl/N-ethyl adjacent to an activating group) is 1. The van der Waals surface area contributed by atoms with Crippen LogP contribution in [-0.4, -0.2) is 65.4 Å². The molecule has 5 rings (SSSR count). The summed E-state index contributed by atoms with van der Waals surface area (Å²) in [5.41, 5.74) is 7.58. The molecule has 35 heavy (non-hydrogen) atoms. The minimum atomic E-state index is -1.05. The van der Waals surface area contributed by atoms with E-state index in [1.165, 1.54) is 9.80 Å². The molecule has 1 aliphatic heterocycles. The lowest BCUT2D eigenvalue weighted by molar-refractivity contribution is -0.118. The van der Waals surface area contributed by atoms with Crippen molar-refractivity contribution in [3.63, 3.8) is 0 Å². The molecule has 3 heterocycles. The molecule has 182 valence electrons. The number of nitrogens with zero attached hydrogens (tertiary/aromatic N) is 4. The van der Waals surface area contributed by atoms with Gasteiger partial charge >= 0.3 is 6.03 Å². The van der Waals surface area contributed by atoms with Crippen molar-refractivity contribution in [2.45, 2.75) is 12.6 Å². The highest BCUT2D eigenvalue weighted by Crippen LogP contribution is 2.44. The zero-order valence-corrected chi connectivity index (χ0v) is 19.4. The molecule has 4 N–H and O–H groups in total. The average molecular weight is 502 g/mol. The van der Waals surface area contributed by atoms with Gasteiger partial charge in [0.05, 0.1) is 28.7 Å². The molecule has 2 aliphatic rings. The predicted octanol–water partition coefficient (Wildman–Crippen LogP) is 3.58. The first kappa shape index (κ1) is 23.0. The number of nitrogens with two attached hydrogens (primary N) is 1. The molecule has 0 radical (unpaired) electrons. The van der Waals surface area contributed by atoms with E-state index < -0.39 is 23.9 Å². The van der Waals surface area contributed by atoms with E-state index in [0.717, 1.165) is 6.21 Å². The van der Waals surface area contributed by atoms with Crippen molar-refractivity contribution >= 4 is 52.3 Å². The quantitative estimate of drug-likeness (QED) is 0.337. The maximum Gasteiger partial charge on any atom is 0.324 e. The van der Waals surface area contributed by atoms with Crippen molar-refractivity contribution in [3.8, 4) is 11.1 Å². The van der Waals surface area contributed by atoms with Gasteiger partial charge in [-0.1, -0.05) is 11.6 Å². The first-order valence-electron chi connectivity index (χ1n) is 10.9. The molecule has 2 aromatic heterocycles.